The van der Waals surface area contributed by atoms with Crippen LogP contribution in [-0.4, -0.2) is 96.7 Å². The van der Waals surface area contributed by atoms with Gasteiger partial charge in [0, 0.05) is 25.7 Å². The zero-order chi connectivity index (χ0) is 70.9. The molecule has 19 heteroatoms. The molecule has 0 radical (unpaired) electrons. The molecule has 0 aliphatic rings. The van der Waals surface area contributed by atoms with Gasteiger partial charge in [-0.3, -0.25) is 37.3 Å². The number of aliphatic hydroxyl groups is 1. The van der Waals surface area contributed by atoms with Crippen LogP contribution in [0.2, 0.25) is 0 Å². The minimum atomic E-state index is -4.96. The summed E-state index contributed by atoms with van der Waals surface area (Å²) in [6.07, 6.45) is 54.2. The van der Waals surface area contributed by atoms with Crippen LogP contribution in [0.4, 0.5) is 0 Å². The Morgan fingerprint density at radius 2 is 0.479 bits per heavy atom. The Bertz CT molecular complexity index is 1870. The molecule has 5 atom stereocenters. The normalized spacial score (nSPS) is 14.1. The van der Waals surface area contributed by atoms with E-state index in [0.717, 1.165) is 108 Å². The number of carbonyl (C=O) groups is 4. The fourth-order valence-corrected chi connectivity index (χ4v) is 13.4. The molecule has 0 aromatic rings. The van der Waals surface area contributed by atoms with Gasteiger partial charge in [-0.1, -0.05) is 344 Å². The molecule has 0 heterocycles. The number of phosphoric ester groups is 2. The van der Waals surface area contributed by atoms with E-state index in [1.165, 1.54) is 199 Å². The predicted octanol–water partition coefficient (Wildman–Crippen LogP) is 22.6. The van der Waals surface area contributed by atoms with Crippen LogP contribution in [0.3, 0.4) is 0 Å². The Labute approximate surface area is 588 Å². The van der Waals surface area contributed by atoms with E-state index in [1.807, 2.05) is 0 Å². The third-order valence-electron chi connectivity index (χ3n) is 17.9. The molecule has 0 amide bonds. The van der Waals surface area contributed by atoms with Crippen molar-refractivity contribution in [1.29, 1.82) is 0 Å². The van der Waals surface area contributed by atoms with Crippen molar-refractivity contribution in [3.63, 3.8) is 0 Å². The number of unbranched alkanes of at least 4 members (excludes halogenated alkanes) is 43. The van der Waals surface area contributed by atoms with Crippen LogP contribution in [0.1, 0.15) is 395 Å². The minimum Gasteiger partial charge on any atom is -0.462 e. The van der Waals surface area contributed by atoms with Gasteiger partial charge in [-0.2, -0.15) is 0 Å². The first-order valence-corrected chi connectivity index (χ1v) is 42.8. The van der Waals surface area contributed by atoms with Gasteiger partial charge in [0.2, 0.25) is 0 Å². The van der Waals surface area contributed by atoms with Gasteiger partial charge in [0.05, 0.1) is 26.4 Å². The van der Waals surface area contributed by atoms with Crippen LogP contribution in [0, 0.1) is 17.8 Å². The molecule has 3 N–H and O–H groups in total. The molecule has 0 fully saturated rings. The fraction of sp³-hybridized carbons (Fsp3) is 0.948. The summed E-state index contributed by atoms with van der Waals surface area (Å²) < 4.78 is 68.6. The molecule has 2 unspecified atom stereocenters. The van der Waals surface area contributed by atoms with Crippen molar-refractivity contribution in [3.8, 4) is 0 Å². The molecule has 0 aromatic carbocycles. The van der Waals surface area contributed by atoms with Gasteiger partial charge in [0.15, 0.2) is 12.2 Å². The smallest absolute Gasteiger partial charge is 0.462 e. The van der Waals surface area contributed by atoms with Crippen LogP contribution in [0.25, 0.3) is 0 Å². The molecule has 0 bridgehead atoms. The van der Waals surface area contributed by atoms with E-state index in [4.69, 9.17) is 37.0 Å². The zero-order valence-corrected chi connectivity index (χ0v) is 64.6. The minimum absolute atomic E-state index is 0.106. The highest BCUT2D eigenvalue weighted by molar-refractivity contribution is 7.47. The summed E-state index contributed by atoms with van der Waals surface area (Å²) in [5.74, 6) is 0.124. The van der Waals surface area contributed by atoms with Crippen molar-refractivity contribution < 1.29 is 80.2 Å². The Hall–Kier alpha value is -1.94. The summed E-state index contributed by atoms with van der Waals surface area (Å²) >= 11 is 0. The lowest BCUT2D eigenvalue weighted by Crippen LogP contribution is -2.30. The van der Waals surface area contributed by atoms with Gasteiger partial charge >= 0.3 is 39.5 Å². The van der Waals surface area contributed by atoms with Gasteiger partial charge < -0.3 is 33.8 Å². The molecular weight excluding hydrogens is 1260 g/mol. The van der Waals surface area contributed by atoms with E-state index in [1.54, 1.807) is 0 Å². The van der Waals surface area contributed by atoms with E-state index >= 15 is 0 Å². The molecular formula is C77H150O17P2. The second-order valence-electron chi connectivity index (χ2n) is 29.2. The number of carbonyl (C=O) groups excluding carboxylic acids is 4. The predicted molar refractivity (Wildman–Crippen MR) is 391 cm³/mol. The summed E-state index contributed by atoms with van der Waals surface area (Å²) in [5.41, 5.74) is 0. The van der Waals surface area contributed by atoms with E-state index < -0.39 is 97.5 Å². The monoisotopic (exact) mass is 1410 g/mol. The Balaban J connectivity index is 5.25. The number of ether oxygens (including phenoxy) is 4. The van der Waals surface area contributed by atoms with Crippen molar-refractivity contribution >= 4 is 39.5 Å². The first kappa shape index (κ1) is 94.1. The molecule has 0 saturated heterocycles. The molecule has 0 aliphatic carbocycles. The second-order valence-corrected chi connectivity index (χ2v) is 32.1. The summed E-state index contributed by atoms with van der Waals surface area (Å²) in [6, 6.07) is 0. The lowest BCUT2D eigenvalue weighted by molar-refractivity contribution is -0.161. The number of rotatable bonds is 75. The van der Waals surface area contributed by atoms with Crippen molar-refractivity contribution in [1.82, 2.24) is 0 Å². The summed E-state index contributed by atoms with van der Waals surface area (Å²) in [6.45, 7) is 11.9. The number of hydrogen-bond acceptors (Lipinski definition) is 15. The highest BCUT2D eigenvalue weighted by Crippen LogP contribution is 2.45. The molecule has 0 aliphatic heterocycles. The average molecular weight is 1410 g/mol. The topological polar surface area (TPSA) is 237 Å². The lowest BCUT2D eigenvalue weighted by atomic mass is 10.0. The first-order chi connectivity index (χ1) is 46.2. The standard InChI is InChI=1S/C77H150O17P2/c1-8-9-10-11-12-13-14-15-16-17-18-19-20-25-31-38-46-53-60-76(81)93-72(64-87-74(79)58-51-44-37-30-26-21-23-28-34-41-48-55-68(2)3)66-91-95(83,84)89-62-71(78)63-90-96(85,86)92-67-73(65-88-75(80)59-52-45-40-33-36-43-50-57-70(6)7)94-77(82)61-54-47-39-32-27-22-24-29-35-42-49-56-69(4)5/h68-73,78H,8-67H2,1-7H3,(H,83,84)(H,85,86)/t71-,72-,73-/m1/s1. The number of esters is 4. The maximum absolute atomic E-state index is 13.1. The van der Waals surface area contributed by atoms with E-state index in [0.29, 0.717) is 31.6 Å². The van der Waals surface area contributed by atoms with Gasteiger partial charge in [-0.15, -0.1) is 0 Å². The van der Waals surface area contributed by atoms with Crippen LogP contribution >= 0.6 is 15.6 Å². The number of phosphoric acid groups is 2. The van der Waals surface area contributed by atoms with Crippen LogP contribution in [-0.2, 0) is 65.4 Å². The molecule has 0 spiro atoms. The summed E-state index contributed by atoms with van der Waals surface area (Å²) in [7, 11) is -9.91. The highest BCUT2D eigenvalue weighted by Gasteiger charge is 2.30. The molecule has 0 rings (SSSR count). The van der Waals surface area contributed by atoms with Gasteiger partial charge in [0.1, 0.15) is 19.3 Å². The van der Waals surface area contributed by atoms with E-state index in [9.17, 15) is 43.2 Å². The van der Waals surface area contributed by atoms with Crippen molar-refractivity contribution in [2.75, 3.05) is 39.6 Å². The number of hydrogen-bond donors (Lipinski definition) is 3. The van der Waals surface area contributed by atoms with Crippen molar-refractivity contribution in [2.45, 2.75) is 414 Å². The summed E-state index contributed by atoms with van der Waals surface area (Å²) in [5, 5.41) is 10.6. The SMILES string of the molecule is CCCCCCCCCCCCCCCCCCCCC(=O)O[C@H](COC(=O)CCCCCCCCCCCCCC(C)C)COP(=O)(O)OC[C@@H](O)COP(=O)(O)OC[C@@H](COC(=O)CCCCCCCCCC(C)C)OC(=O)CCCCCCCCCCCCCC(C)C. The van der Waals surface area contributed by atoms with Crippen LogP contribution < -0.4 is 0 Å². The molecule has 0 saturated carbocycles. The van der Waals surface area contributed by atoms with Crippen molar-refractivity contribution in [2.24, 2.45) is 17.8 Å². The third-order valence-corrected chi connectivity index (χ3v) is 19.8. The molecule has 570 valence electrons. The molecule has 17 nitrogen and oxygen atoms in total. The van der Waals surface area contributed by atoms with Gasteiger partial charge in [-0.25, -0.2) is 9.13 Å². The van der Waals surface area contributed by atoms with Crippen LogP contribution in [0.15, 0.2) is 0 Å². The van der Waals surface area contributed by atoms with Crippen LogP contribution in [0.5, 0.6) is 0 Å². The average Bonchev–Trinajstić information content (AvgIpc) is 1.49. The quantitative estimate of drug-likeness (QED) is 0.0222. The Morgan fingerprint density at radius 1 is 0.281 bits per heavy atom. The first-order valence-electron chi connectivity index (χ1n) is 39.8. The molecule has 96 heavy (non-hydrogen) atoms. The number of aliphatic hydroxyl groups excluding tert-OH is 1. The molecule has 0 aromatic heterocycles. The van der Waals surface area contributed by atoms with Crippen molar-refractivity contribution in [3.05, 3.63) is 0 Å². The van der Waals surface area contributed by atoms with E-state index in [2.05, 4.69) is 48.5 Å². The van der Waals surface area contributed by atoms with Gasteiger partial charge in [0.25, 0.3) is 0 Å². The zero-order valence-electron chi connectivity index (χ0n) is 62.8. The van der Waals surface area contributed by atoms with Gasteiger partial charge in [-0.05, 0) is 43.4 Å². The second kappa shape index (κ2) is 67.5. The maximum atomic E-state index is 13.1. The lowest BCUT2D eigenvalue weighted by Gasteiger charge is -2.21. The largest absolute Gasteiger partial charge is 0.472 e. The Morgan fingerprint density at radius 3 is 0.708 bits per heavy atom. The third kappa shape index (κ3) is 70.5. The fourth-order valence-electron chi connectivity index (χ4n) is 11.8. The summed E-state index contributed by atoms with van der Waals surface area (Å²) in [4.78, 5) is 72.9. The Kier molecular flexibility index (Phi) is 66.2. The maximum Gasteiger partial charge on any atom is 0.472 e. The highest BCUT2D eigenvalue weighted by atomic mass is 31.2. The van der Waals surface area contributed by atoms with E-state index in [-0.39, 0.29) is 25.7 Å².